The average molecular weight is 349 g/mol. The summed E-state index contributed by atoms with van der Waals surface area (Å²) in [7, 11) is 0. The number of carbonyl (C=O) groups excluding carboxylic acids is 1. The second-order valence-corrected chi connectivity index (χ2v) is 5.37. The SMILES string of the molecule is O=C1CC(CBr)CN1c1ccc(O)c(Br)c1. The first-order valence-corrected chi connectivity index (χ1v) is 6.88. The number of phenols is 1. The van der Waals surface area contributed by atoms with Crippen LogP contribution in [0.25, 0.3) is 0 Å². The molecule has 0 saturated carbocycles. The average Bonchev–Trinajstić information content (AvgIpc) is 2.64. The molecule has 2 rings (SSSR count). The molecule has 0 radical (unpaired) electrons. The van der Waals surface area contributed by atoms with E-state index in [4.69, 9.17) is 0 Å². The number of anilines is 1. The van der Waals surface area contributed by atoms with Crippen LogP contribution in [0.4, 0.5) is 5.69 Å². The molecule has 1 fully saturated rings. The van der Waals surface area contributed by atoms with E-state index in [0.29, 0.717) is 16.8 Å². The highest BCUT2D eigenvalue weighted by molar-refractivity contribution is 9.10. The molecule has 1 atom stereocenters. The number of aromatic hydroxyl groups is 1. The zero-order valence-electron chi connectivity index (χ0n) is 8.49. The third-order valence-electron chi connectivity index (χ3n) is 2.67. The molecule has 1 saturated heterocycles. The van der Waals surface area contributed by atoms with Crippen LogP contribution in [0.2, 0.25) is 0 Å². The Labute approximate surface area is 111 Å². The van der Waals surface area contributed by atoms with Crippen molar-refractivity contribution in [2.75, 3.05) is 16.8 Å². The number of hydrogen-bond donors (Lipinski definition) is 1. The van der Waals surface area contributed by atoms with E-state index in [0.717, 1.165) is 17.6 Å². The van der Waals surface area contributed by atoms with Gasteiger partial charge in [-0.15, -0.1) is 0 Å². The summed E-state index contributed by atoms with van der Waals surface area (Å²) >= 11 is 6.65. The van der Waals surface area contributed by atoms with Crippen LogP contribution in [-0.4, -0.2) is 22.9 Å². The molecule has 16 heavy (non-hydrogen) atoms. The van der Waals surface area contributed by atoms with E-state index in [1.807, 2.05) is 0 Å². The van der Waals surface area contributed by atoms with Crippen molar-refractivity contribution in [3.8, 4) is 5.75 Å². The quantitative estimate of drug-likeness (QED) is 0.835. The van der Waals surface area contributed by atoms with Crippen molar-refractivity contribution in [3.63, 3.8) is 0 Å². The summed E-state index contributed by atoms with van der Waals surface area (Å²) in [5.41, 5.74) is 0.832. The maximum Gasteiger partial charge on any atom is 0.227 e. The van der Waals surface area contributed by atoms with Gasteiger partial charge in [0.05, 0.1) is 4.47 Å². The molecule has 5 heteroatoms. The molecule has 1 amide bonds. The fraction of sp³-hybridized carbons (Fsp3) is 0.364. The highest BCUT2D eigenvalue weighted by Crippen LogP contribution is 2.32. The Balaban J connectivity index is 2.24. The summed E-state index contributed by atoms with van der Waals surface area (Å²) in [5, 5.41) is 10.2. The van der Waals surface area contributed by atoms with Gasteiger partial charge in [0.2, 0.25) is 5.91 Å². The standard InChI is InChI=1S/C11H11Br2NO2/c12-5-7-3-11(16)14(6-7)8-1-2-10(15)9(13)4-8/h1-2,4,7,15H,3,5-6H2. The number of rotatable bonds is 2. The maximum absolute atomic E-state index is 11.8. The third-order valence-corrected chi connectivity index (χ3v) is 4.22. The largest absolute Gasteiger partial charge is 0.507 e. The predicted octanol–water partition coefficient (Wildman–Crippen LogP) is 2.90. The molecule has 1 aromatic rings. The van der Waals surface area contributed by atoms with Gasteiger partial charge in [-0.25, -0.2) is 0 Å². The van der Waals surface area contributed by atoms with E-state index in [9.17, 15) is 9.90 Å². The van der Waals surface area contributed by atoms with Gasteiger partial charge < -0.3 is 10.0 Å². The first-order valence-electron chi connectivity index (χ1n) is 4.96. The van der Waals surface area contributed by atoms with Crippen LogP contribution in [0.5, 0.6) is 5.75 Å². The lowest BCUT2D eigenvalue weighted by atomic mass is 10.2. The molecule has 1 N–H and O–H groups in total. The molecule has 0 aliphatic carbocycles. The molecule has 1 unspecified atom stereocenters. The number of benzene rings is 1. The van der Waals surface area contributed by atoms with Crippen LogP contribution in [-0.2, 0) is 4.79 Å². The zero-order chi connectivity index (χ0) is 11.7. The molecular formula is C11H11Br2NO2. The number of nitrogens with zero attached hydrogens (tertiary/aromatic N) is 1. The number of halogens is 2. The van der Waals surface area contributed by atoms with Crippen molar-refractivity contribution in [1.82, 2.24) is 0 Å². The highest BCUT2D eigenvalue weighted by Gasteiger charge is 2.29. The van der Waals surface area contributed by atoms with Gasteiger partial charge in [0.1, 0.15) is 5.75 Å². The molecule has 0 aromatic heterocycles. The molecule has 1 aliphatic rings. The molecule has 0 bridgehead atoms. The number of carbonyl (C=O) groups is 1. The smallest absolute Gasteiger partial charge is 0.227 e. The van der Waals surface area contributed by atoms with E-state index in [2.05, 4.69) is 31.9 Å². The summed E-state index contributed by atoms with van der Waals surface area (Å²) in [4.78, 5) is 13.5. The fourth-order valence-corrected chi connectivity index (χ4v) is 2.60. The lowest BCUT2D eigenvalue weighted by molar-refractivity contribution is -0.117. The van der Waals surface area contributed by atoms with E-state index in [1.54, 1.807) is 23.1 Å². The highest BCUT2D eigenvalue weighted by atomic mass is 79.9. The Kier molecular flexibility index (Phi) is 3.54. The van der Waals surface area contributed by atoms with E-state index >= 15 is 0 Å². The molecule has 1 heterocycles. The zero-order valence-corrected chi connectivity index (χ0v) is 11.7. The monoisotopic (exact) mass is 347 g/mol. The Morgan fingerprint density at radius 2 is 2.25 bits per heavy atom. The third kappa shape index (κ3) is 2.25. The van der Waals surface area contributed by atoms with Crippen molar-refractivity contribution >= 4 is 43.5 Å². The molecule has 86 valence electrons. The van der Waals surface area contributed by atoms with Gasteiger partial charge in [-0.1, -0.05) is 15.9 Å². The Morgan fingerprint density at radius 3 is 2.81 bits per heavy atom. The Hall–Kier alpha value is -0.550. The molecule has 1 aromatic carbocycles. The van der Waals surface area contributed by atoms with Gasteiger partial charge in [0.25, 0.3) is 0 Å². The Bertz CT molecular complexity index is 422. The Morgan fingerprint density at radius 1 is 1.50 bits per heavy atom. The summed E-state index contributed by atoms with van der Waals surface area (Å²) < 4.78 is 0.611. The molecule has 1 aliphatic heterocycles. The second kappa shape index (κ2) is 4.75. The first kappa shape index (κ1) is 11.9. The van der Waals surface area contributed by atoms with Gasteiger partial charge in [-0.05, 0) is 40.0 Å². The first-order chi connectivity index (χ1) is 7.61. The minimum absolute atomic E-state index is 0.141. The number of hydrogen-bond acceptors (Lipinski definition) is 2. The fourth-order valence-electron chi connectivity index (χ4n) is 1.80. The number of phenolic OH excluding ortho intramolecular Hbond substituents is 1. The van der Waals surface area contributed by atoms with Gasteiger partial charge in [-0.3, -0.25) is 4.79 Å². The molecule has 0 spiro atoms. The molecule has 3 nitrogen and oxygen atoms in total. The number of amides is 1. The summed E-state index contributed by atoms with van der Waals surface area (Å²) in [5.74, 6) is 0.703. The second-order valence-electron chi connectivity index (χ2n) is 3.86. The van der Waals surface area contributed by atoms with Crippen LogP contribution in [0.1, 0.15) is 6.42 Å². The van der Waals surface area contributed by atoms with E-state index < -0.39 is 0 Å². The predicted molar refractivity (Wildman–Crippen MR) is 70.1 cm³/mol. The van der Waals surface area contributed by atoms with Gasteiger partial charge >= 0.3 is 0 Å². The van der Waals surface area contributed by atoms with Gasteiger partial charge in [0, 0.05) is 24.0 Å². The minimum Gasteiger partial charge on any atom is -0.507 e. The van der Waals surface area contributed by atoms with Crippen LogP contribution in [0.3, 0.4) is 0 Å². The summed E-state index contributed by atoms with van der Waals surface area (Å²) in [6.45, 7) is 0.737. The van der Waals surface area contributed by atoms with Gasteiger partial charge in [0.15, 0.2) is 0 Å². The maximum atomic E-state index is 11.8. The van der Waals surface area contributed by atoms with E-state index in [1.165, 1.54) is 0 Å². The lowest BCUT2D eigenvalue weighted by Gasteiger charge is -2.17. The lowest BCUT2D eigenvalue weighted by Crippen LogP contribution is -2.24. The van der Waals surface area contributed by atoms with Crippen molar-refractivity contribution in [2.24, 2.45) is 5.92 Å². The van der Waals surface area contributed by atoms with Crippen molar-refractivity contribution < 1.29 is 9.90 Å². The normalized spacial score (nSPS) is 20.5. The van der Waals surface area contributed by atoms with Gasteiger partial charge in [-0.2, -0.15) is 0 Å². The van der Waals surface area contributed by atoms with E-state index in [-0.39, 0.29) is 11.7 Å². The van der Waals surface area contributed by atoms with Crippen LogP contribution >= 0.6 is 31.9 Å². The van der Waals surface area contributed by atoms with Crippen molar-refractivity contribution in [2.45, 2.75) is 6.42 Å². The van der Waals surface area contributed by atoms with Crippen LogP contribution < -0.4 is 4.90 Å². The summed E-state index contributed by atoms with van der Waals surface area (Å²) in [6, 6.07) is 5.12. The minimum atomic E-state index is 0.141. The van der Waals surface area contributed by atoms with Crippen molar-refractivity contribution in [3.05, 3.63) is 22.7 Å². The van der Waals surface area contributed by atoms with Crippen LogP contribution in [0, 0.1) is 5.92 Å². The van der Waals surface area contributed by atoms with Crippen molar-refractivity contribution in [1.29, 1.82) is 0 Å². The number of alkyl halides is 1. The molecular weight excluding hydrogens is 338 g/mol. The summed E-state index contributed by atoms with van der Waals surface area (Å²) in [6.07, 6.45) is 0.587. The van der Waals surface area contributed by atoms with Crippen LogP contribution in [0.15, 0.2) is 22.7 Å². The topological polar surface area (TPSA) is 40.5 Å².